The van der Waals surface area contributed by atoms with Gasteiger partial charge in [0.15, 0.2) is 0 Å². The maximum absolute atomic E-state index is 12.6. The molecule has 25 heavy (non-hydrogen) atoms. The minimum absolute atomic E-state index is 0.0391. The Labute approximate surface area is 148 Å². The van der Waals surface area contributed by atoms with Gasteiger partial charge in [-0.25, -0.2) is 4.79 Å². The highest BCUT2D eigenvalue weighted by Gasteiger charge is 2.30. The van der Waals surface area contributed by atoms with Crippen molar-refractivity contribution in [1.29, 1.82) is 0 Å². The SMILES string of the molecule is CCC(=O)Nc1ccc(C)c(NC(=O)N2CCC(N3CC=CC3)C2)c1. The molecule has 0 aromatic heterocycles. The Balaban J connectivity index is 1.60. The fourth-order valence-corrected chi connectivity index (χ4v) is 3.29. The molecule has 1 unspecified atom stereocenters. The van der Waals surface area contributed by atoms with Crippen LogP contribution in [0.5, 0.6) is 0 Å². The van der Waals surface area contributed by atoms with Gasteiger partial charge in [-0.3, -0.25) is 9.69 Å². The van der Waals surface area contributed by atoms with Crippen molar-refractivity contribution in [3.05, 3.63) is 35.9 Å². The van der Waals surface area contributed by atoms with Crippen LogP contribution in [-0.4, -0.2) is 54.0 Å². The van der Waals surface area contributed by atoms with Gasteiger partial charge in [0.2, 0.25) is 5.91 Å². The molecule has 1 aromatic carbocycles. The van der Waals surface area contributed by atoms with Gasteiger partial charge in [0.25, 0.3) is 0 Å². The molecule has 1 aromatic rings. The van der Waals surface area contributed by atoms with Crippen molar-refractivity contribution < 1.29 is 9.59 Å². The molecular weight excluding hydrogens is 316 g/mol. The first-order valence-electron chi connectivity index (χ1n) is 8.92. The topological polar surface area (TPSA) is 64.7 Å². The summed E-state index contributed by atoms with van der Waals surface area (Å²) in [6.07, 6.45) is 5.81. The lowest BCUT2D eigenvalue weighted by molar-refractivity contribution is -0.115. The van der Waals surface area contributed by atoms with E-state index in [2.05, 4.69) is 27.7 Å². The molecular formula is C19H26N4O2. The van der Waals surface area contributed by atoms with E-state index in [0.717, 1.165) is 43.9 Å². The van der Waals surface area contributed by atoms with Crippen LogP contribution < -0.4 is 10.6 Å². The third kappa shape index (κ3) is 4.20. The summed E-state index contributed by atoms with van der Waals surface area (Å²) < 4.78 is 0. The first kappa shape index (κ1) is 17.5. The van der Waals surface area contributed by atoms with Gasteiger partial charge in [-0.2, -0.15) is 0 Å². The molecule has 2 aliphatic rings. The standard InChI is InChI=1S/C19H26N4O2/c1-3-18(24)20-15-7-6-14(2)17(12-15)21-19(25)23-11-8-16(13-23)22-9-4-5-10-22/h4-7,12,16H,3,8-11,13H2,1-2H3,(H,20,24)(H,21,25). The van der Waals surface area contributed by atoms with Crippen LogP contribution in [0.15, 0.2) is 30.4 Å². The van der Waals surface area contributed by atoms with Crippen LogP contribution in [0.1, 0.15) is 25.3 Å². The molecule has 3 amide bonds. The molecule has 134 valence electrons. The Bertz CT molecular complexity index is 678. The minimum atomic E-state index is -0.0725. The summed E-state index contributed by atoms with van der Waals surface area (Å²) in [6.45, 7) is 7.27. The zero-order valence-electron chi connectivity index (χ0n) is 14.9. The van der Waals surface area contributed by atoms with E-state index in [0.29, 0.717) is 18.2 Å². The van der Waals surface area contributed by atoms with Gasteiger partial charge in [0.05, 0.1) is 0 Å². The number of likely N-dealkylation sites (tertiary alicyclic amines) is 1. The second kappa shape index (κ2) is 7.70. The maximum atomic E-state index is 12.6. The highest BCUT2D eigenvalue weighted by Crippen LogP contribution is 2.23. The van der Waals surface area contributed by atoms with Crippen molar-refractivity contribution in [1.82, 2.24) is 9.80 Å². The number of benzene rings is 1. The van der Waals surface area contributed by atoms with Gasteiger partial charge in [0, 0.05) is 50.0 Å². The highest BCUT2D eigenvalue weighted by atomic mass is 16.2. The summed E-state index contributed by atoms with van der Waals surface area (Å²) >= 11 is 0. The summed E-state index contributed by atoms with van der Waals surface area (Å²) in [5, 5.41) is 5.83. The molecule has 2 N–H and O–H groups in total. The molecule has 0 radical (unpaired) electrons. The first-order valence-corrected chi connectivity index (χ1v) is 8.92. The van der Waals surface area contributed by atoms with Crippen molar-refractivity contribution in [2.75, 3.05) is 36.8 Å². The van der Waals surface area contributed by atoms with Gasteiger partial charge in [-0.1, -0.05) is 25.1 Å². The Morgan fingerprint density at radius 2 is 1.96 bits per heavy atom. The molecule has 0 spiro atoms. The zero-order valence-corrected chi connectivity index (χ0v) is 14.9. The van der Waals surface area contributed by atoms with Gasteiger partial charge in [-0.05, 0) is 31.0 Å². The van der Waals surface area contributed by atoms with Gasteiger partial charge in [-0.15, -0.1) is 0 Å². The van der Waals surface area contributed by atoms with E-state index in [9.17, 15) is 9.59 Å². The first-order chi connectivity index (χ1) is 12.1. The van der Waals surface area contributed by atoms with E-state index in [4.69, 9.17) is 0 Å². The largest absolute Gasteiger partial charge is 0.326 e. The van der Waals surface area contributed by atoms with E-state index >= 15 is 0 Å². The Hall–Kier alpha value is -2.34. The highest BCUT2D eigenvalue weighted by molar-refractivity contribution is 5.94. The van der Waals surface area contributed by atoms with Crippen molar-refractivity contribution in [2.24, 2.45) is 0 Å². The molecule has 3 rings (SSSR count). The van der Waals surface area contributed by atoms with Crippen molar-refractivity contribution in [2.45, 2.75) is 32.7 Å². The number of urea groups is 1. The van der Waals surface area contributed by atoms with Gasteiger partial charge in [0.1, 0.15) is 0 Å². The molecule has 0 saturated carbocycles. The molecule has 1 atom stereocenters. The van der Waals surface area contributed by atoms with E-state index in [1.54, 1.807) is 0 Å². The number of aryl methyl sites for hydroxylation is 1. The summed E-state index contributed by atoms with van der Waals surface area (Å²) in [6, 6.07) is 5.95. The lowest BCUT2D eigenvalue weighted by Gasteiger charge is -2.24. The zero-order chi connectivity index (χ0) is 17.8. The van der Waals surface area contributed by atoms with Crippen LogP contribution in [0, 0.1) is 6.92 Å². The van der Waals surface area contributed by atoms with Crippen LogP contribution in [0.3, 0.4) is 0 Å². The van der Waals surface area contributed by atoms with E-state index in [1.807, 2.05) is 36.9 Å². The molecule has 6 nitrogen and oxygen atoms in total. The quantitative estimate of drug-likeness (QED) is 0.827. The predicted octanol–water partition coefficient (Wildman–Crippen LogP) is 2.82. The lowest BCUT2D eigenvalue weighted by Crippen LogP contribution is -2.39. The lowest BCUT2D eigenvalue weighted by atomic mass is 10.1. The molecule has 0 aliphatic carbocycles. The number of anilines is 2. The monoisotopic (exact) mass is 342 g/mol. The smallest absolute Gasteiger partial charge is 0.321 e. The van der Waals surface area contributed by atoms with Crippen LogP contribution in [0.2, 0.25) is 0 Å². The van der Waals surface area contributed by atoms with Gasteiger partial charge < -0.3 is 15.5 Å². The summed E-state index contributed by atoms with van der Waals surface area (Å²) in [5.74, 6) is -0.0391. The Kier molecular flexibility index (Phi) is 5.38. The Morgan fingerprint density at radius 1 is 1.20 bits per heavy atom. The summed E-state index contributed by atoms with van der Waals surface area (Å²) in [4.78, 5) is 28.4. The normalized spacial score (nSPS) is 20.1. The van der Waals surface area contributed by atoms with Crippen LogP contribution in [0.25, 0.3) is 0 Å². The predicted molar refractivity (Wildman–Crippen MR) is 99.8 cm³/mol. The number of hydrogen-bond donors (Lipinski definition) is 2. The Morgan fingerprint density at radius 3 is 2.68 bits per heavy atom. The molecule has 1 fully saturated rings. The summed E-state index contributed by atoms with van der Waals surface area (Å²) in [7, 11) is 0. The van der Waals surface area contributed by atoms with E-state index < -0.39 is 0 Å². The molecule has 1 saturated heterocycles. The van der Waals surface area contributed by atoms with Crippen molar-refractivity contribution >= 4 is 23.3 Å². The number of hydrogen-bond acceptors (Lipinski definition) is 3. The van der Waals surface area contributed by atoms with E-state index in [-0.39, 0.29) is 11.9 Å². The fraction of sp³-hybridized carbons (Fsp3) is 0.474. The molecule has 6 heteroatoms. The second-order valence-corrected chi connectivity index (χ2v) is 6.68. The third-order valence-corrected chi connectivity index (χ3v) is 4.90. The molecule has 2 aliphatic heterocycles. The number of carbonyl (C=O) groups is 2. The third-order valence-electron chi connectivity index (χ3n) is 4.90. The number of carbonyl (C=O) groups excluding carboxylic acids is 2. The molecule has 0 bridgehead atoms. The van der Waals surface area contributed by atoms with Crippen molar-refractivity contribution in [3.63, 3.8) is 0 Å². The maximum Gasteiger partial charge on any atom is 0.321 e. The number of nitrogens with zero attached hydrogens (tertiary/aromatic N) is 2. The number of nitrogens with one attached hydrogen (secondary N) is 2. The second-order valence-electron chi connectivity index (χ2n) is 6.68. The number of amides is 3. The summed E-state index contributed by atoms with van der Waals surface area (Å²) in [5.41, 5.74) is 2.42. The van der Waals surface area contributed by atoms with Crippen molar-refractivity contribution in [3.8, 4) is 0 Å². The van der Waals surface area contributed by atoms with Crippen LogP contribution >= 0.6 is 0 Å². The van der Waals surface area contributed by atoms with Crippen LogP contribution in [-0.2, 0) is 4.79 Å². The van der Waals surface area contributed by atoms with E-state index in [1.165, 1.54) is 0 Å². The fourth-order valence-electron chi connectivity index (χ4n) is 3.29. The molecule has 2 heterocycles. The van der Waals surface area contributed by atoms with Gasteiger partial charge >= 0.3 is 6.03 Å². The number of rotatable bonds is 4. The average Bonchev–Trinajstić information content (AvgIpc) is 3.28. The van der Waals surface area contributed by atoms with Crippen LogP contribution in [0.4, 0.5) is 16.2 Å². The average molecular weight is 342 g/mol. The minimum Gasteiger partial charge on any atom is -0.326 e.